The fourth-order valence-corrected chi connectivity index (χ4v) is 2.94. The fraction of sp³-hybridized carbons (Fsp3) is 0.588. The van der Waals surface area contributed by atoms with Crippen molar-refractivity contribution < 1.29 is 9.53 Å². The van der Waals surface area contributed by atoms with Crippen LogP contribution in [0.25, 0.3) is 0 Å². The molecule has 1 aliphatic rings. The van der Waals surface area contributed by atoms with Crippen molar-refractivity contribution in [2.24, 2.45) is 11.7 Å². The van der Waals surface area contributed by atoms with E-state index in [9.17, 15) is 4.79 Å². The lowest BCUT2D eigenvalue weighted by Crippen LogP contribution is -2.37. The van der Waals surface area contributed by atoms with E-state index in [-0.39, 0.29) is 11.9 Å². The SMILES string of the molecule is COc1ccc(CCNC(=O)CC2CCCCC2N)cc1. The highest BCUT2D eigenvalue weighted by Gasteiger charge is 2.23. The lowest BCUT2D eigenvalue weighted by molar-refractivity contribution is -0.122. The average molecular weight is 290 g/mol. The minimum absolute atomic E-state index is 0.130. The predicted molar refractivity (Wildman–Crippen MR) is 84.3 cm³/mol. The van der Waals surface area contributed by atoms with Crippen molar-refractivity contribution in [3.63, 3.8) is 0 Å². The number of methoxy groups -OCH3 is 1. The Morgan fingerprint density at radius 2 is 2.00 bits per heavy atom. The molecule has 4 heteroatoms. The first-order chi connectivity index (χ1) is 10.2. The van der Waals surface area contributed by atoms with E-state index >= 15 is 0 Å². The largest absolute Gasteiger partial charge is 0.497 e. The quantitative estimate of drug-likeness (QED) is 0.844. The molecule has 1 amide bonds. The second-order valence-corrected chi connectivity index (χ2v) is 5.86. The maximum Gasteiger partial charge on any atom is 0.220 e. The van der Waals surface area contributed by atoms with Gasteiger partial charge in [0.2, 0.25) is 5.91 Å². The van der Waals surface area contributed by atoms with Gasteiger partial charge in [0.1, 0.15) is 5.75 Å². The van der Waals surface area contributed by atoms with Gasteiger partial charge in [0.15, 0.2) is 0 Å². The molecule has 4 nitrogen and oxygen atoms in total. The van der Waals surface area contributed by atoms with Crippen molar-refractivity contribution in [3.05, 3.63) is 29.8 Å². The number of carbonyl (C=O) groups is 1. The normalized spacial score (nSPS) is 21.8. The molecule has 0 radical (unpaired) electrons. The second kappa shape index (κ2) is 8.03. The molecule has 2 atom stereocenters. The highest BCUT2D eigenvalue weighted by Crippen LogP contribution is 2.25. The lowest BCUT2D eigenvalue weighted by atomic mass is 9.83. The summed E-state index contributed by atoms with van der Waals surface area (Å²) in [5.41, 5.74) is 7.28. The van der Waals surface area contributed by atoms with Gasteiger partial charge in [-0.25, -0.2) is 0 Å². The molecule has 3 N–H and O–H groups in total. The molecule has 1 saturated carbocycles. The van der Waals surface area contributed by atoms with E-state index in [0.717, 1.165) is 25.0 Å². The number of ether oxygens (including phenoxy) is 1. The second-order valence-electron chi connectivity index (χ2n) is 5.86. The summed E-state index contributed by atoms with van der Waals surface area (Å²) in [4.78, 5) is 12.0. The molecule has 2 rings (SSSR count). The number of nitrogens with one attached hydrogen (secondary N) is 1. The monoisotopic (exact) mass is 290 g/mol. The molecule has 1 aliphatic carbocycles. The average Bonchev–Trinajstić information content (AvgIpc) is 2.50. The molecule has 0 aliphatic heterocycles. The van der Waals surface area contributed by atoms with E-state index in [0.29, 0.717) is 18.9 Å². The minimum Gasteiger partial charge on any atom is -0.497 e. The summed E-state index contributed by atoms with van der Waals surface area (Å²) in [7, 11) is 1.66. The highest BCUT2D eigenvalue weighted by atomic mass is 16.5. The molecule has 0 saturated heterocycles. The number of benzene rings is 1. The molecule has 0 heterocycles. The van der Waals surface area contributed by atoms with Crippen LogP contribution in [0.15, 0.2) is 24.3 Å². The van der Waals surface area contributed by atoms with Gasteiger partial charge >= 0.3 is 0 Å². The molecule has 116 valence electrons. The van der Waals surface area contributed by atoms with Crippen LogP contribution in [-0.2, 0) is 11.2 Å². The van der Waals surface area contributed by atoms with Gasteiger partial charge in [0.25, 0.3) is 0 Å². The van der Waals surface area contributed by atoms with E-state index in [4.69, 9.17) is 10.5 Å². The summed E-state index contributed by atoms with van der Waals surface area (Å²) in [5, 5.41) is 3.00. The van der Waals surface area contributed by atoms with E-state index in [2.05, 4.69) is 5.32 Å². The Morgan fingerprint density at radius 1 is 1.29 bits per heavy atom. The fourth-order valence-electron chi connectivity index (χ4n) is 2.94. The summed E-state index contributed by atoms with van der Waals surface area (Å²) in [6.45, 7) is 0.674. The topological polar surface area (TPSA) is 64.3 Å². The van der Waals surface area contributed by atoms with Gasteiger partial charge in [-0.3, -0.25) is 4.79 Å². The van der Waals surface area contributed by atoms with Gasteiger partial charge in [-0.15, -0.1) is 0 Å². The van der Waals surface area contributed by atoms with Crippen molar-refractivity contribution in [1.82, 2.24) is 5.32 Å². The van der Waals surface area contributed by atoms with Gasteiger partial charge in [-0.05, 0) is 42.9 Å². The van der Waals surface area contributed by atoms with E-state index in [1.54, 1.807) is 7.11 Å². The maximum absolute atomic E-state index is 12.0. The highest BCUT2D eigenvalue weighted by molar-refractivity contribution is 5.76. The molecular formula is C17H26N2O2. The number of rotatable bonds is 6. The van der Waals surface area contributed by atoms with Crippen LogP contribution in [0.5, 0.6) is 5.75 Å². The summed E-state index contributed by atoms with van der Waals surface area (Å²) >= 11 is 0. The van der Waals surface area contributed by atoms with Crippen LogP contribution in [0, 0.1) is 5.92 Å². The molecule has 1 aromatic rings. The smallest absolute Gasteiger partial charge is 0.220 e. The van der Waals surface area contributed by atoms with Crippen molar-refractivity contribution in [2.45, 2.75) is 44.6 Å². The van der Waals surface area contributed by atoms with E-state index in [1.165, 1.54) is 18.4 Å². The van der Waals surface area contributed by atoms with Gasteiger partial charge in [0, 0.05) is 19.0 Å². The van der Waals surface area contributed by atoms with Crippen LogP contribution in [0.1, 0.15) is 37.7 Å². The first kappa shape index (κ1) is 15.8. The third kappa shape index (κ3) is 5.05. The van der Waals surface area contributed by atoms with E-state index in [1.807, 2.05) is 24.3 Å². The number of hydrogen-bond acceptors (Lipinski definition) is 3. The summed E-state index contributed by atoms with van der Waals surface area (Å²) in [6, 6.07) is 8.15. The number of nitrogens with two attached hydrogens (primary N) is 1. The maximum atomic E-state index is 12.0. The van der Waals surface area contributed by atoms with Gasteiger partial charge in [-0.2, -0.15) is 0 Å². The molecule has 0 bridgehead atoms. The molecule has 1 aromatic carbocycles. The number of hydrogen-bond donors (Lipinski definition) is 2. The summed E-state index contributed by atoms with van der Waals surface area (Å²) in [6.07, 6.45) is 5.97. The standard InChI is InChI=1S/C17H26N2O2/c1-21-15-8-6-13(7-9-15)10-11-19-17(20)12-14-4-2-3-5-16(14)18/h6-9,14,16H,2-5,10-12,18H2,1H3,(H,19,20). The number of carbonyl (C=O) groups excluding carboxylic acids is 1. The van der Waals surface area contributed by atoms with Crippen LogP contribution in [0.2, 0.25) is 0 Å². The lowest BCUT2D eigenvalue weighted by Gasteiger charge is -2.27. The molecule has 0 aromatic heterocycles. The summed E-state index contributed by atoms with van der Waals surface area (Å²) < 4.78 is 5.12. The predicted octanol–water partition coefficient (Wildman–Crippen LogP) is 2.26. The molecule has 21 heavy (non-hydrogen) atoms. The Labute approximate surface area is 127 Å². The zero-order valence-electron chi connectivity index (χ0n) is 12.8. The third-order valence-electron chi connectivity index (χ3n) is 4.31. The van der Waals surface area contributed by atoms with Crippen LogP contribution >= 0.6 is 0 Å². The van der Waals surface area contributed by atoms with Gasteiger partial charge < -0.3 is 15.8 Å². The van der Waals surface area contributed by atoms with Crippen molar-refractivity contribution in [1.29, 1.82) is 0 Å². The van der Waals surface area contributed by atoms with Crippen LogP contribution < -0.4 is 15.8 Å². The third-order valence-corrected chi connectivity index (χ3v) is 4.31. The van der Waals surface area contributed by atoms with Crippen molar-refractivity contribution in [3.8, 4) is 5.75 Å². The zero-order valence-corrected chi connectivity index (χ0v) is 12.8. The number of amides is 1. The van der Waals surface area contributed by atoms with Gasteiger partial charge in [0.05, 0.1) is 7.11 Å². The molecule has 0 spiro atoms. The van der Waals surface area contributed by atoms with Crippen LogP contribution in [0.3, 0.4) is 0 Å². The van der Waals surface area contributed by atoms with Crippen molar-refractivity contribution >= 4 is 5.91 Å². The Hall–Kier alpha value is -1.55. The Bertz CT molecular complexity index is 445. The Balaban J connectivity index is 1.68. The first-order valence-corrected chi connectivity index (χ1v) is 7.84. The van der Waals surface area contributed by atoms with Crippen LogP contribution in [-0.4, -0.2) is 25.6 Å². The molecular weight excluding hydrogens is 264 g/mol. The van der Waals surface area contributed by atoms with E-state index < -0.39 is 0 Å². The van der Waals surface area contributed by atoms with Gasteiger partial charge in [-0.1, -0.05) is 25.0 Å². The van der Waals surface area contributed by atoms with Crippen LogP contribution in [0.4, 0.5) is 0 Å². The van der Waals surface area contributed by atoms with Crippen molar-refractivity contribution in [2.75, 3.05) is 13.7 Å². The summed E-state index contributed by atoms with van der Waals surface area (Å²) in [5.74, 6) is 1.35. The zero-order chi connectivity index (χ0) is 15.1. The minimum atomic E-state index is 0.130. The molecule has 2 unspecified atom stereocenters. The Kier molecular flexibility index (Phi) is 6.05. The Morgan fingerprint density at radius 3 is 2.67 bits per heavy atom. The first-order valence-electron chi connectivity index (χ1n) is 7.84. The molecule has 1 fully saturated rings.